The lowest BCUT2D eigenvalue weighted by molar-refractivity contribution is -0.386. The molecule has 0 saturated heterocycles. The molecule has 0 bridgehead atoms. The van der Waals surface area contributed by atoms with Gasteiger partial charge in [-0.2, -0.15) is 4.39 Å². The van der Waals surface area contributed by atoms with Crippen LogP contribution in [-0.4, -0.2) is 22.2 Å². The maximum atomic E-state index is 13.6. The highest BCUT2D eigenvalue weighted by Crippen LogP contribution is 2.38. The number of hydrogen-bond donors (Lipinski definition) is 2. The Morgan fingerprint density at radius 1 is 1.52 bits per heavy atom. The third kappa shape index (κ3) is 3.29. The molecule has 1 fully saturated rings. The van der Waals surface area contributed by atoms with Crippen molar-refractivity contribution in [3.63, 3.8) is 0 Å². The molecule has 2 N–H and O–H groups in total. The molecule has 0 heterocycles. The van der Waals surface area contributed by atoms with Crippen LogP contribution >= 0.6 is 0 Å². The number of hydrogen-bond acceptors (Lipinski definition) is 4. The predicted octanol–water partition coefficient (Wildman–Crippen LogP) is 3.23. The van der Waals surface area contributed by atoms with E-state index in [-0.39, 0.29) is 12.3 Å². The number of aliphatic hydroxyl groups is 1. The fourth-order valence-corrected chi connectivity index (χ4v) is 3.09. The fraction of sp³-hybridized carbons (Fsp3) is 0.571. The van der Waals surface area contributed by atoms with Crippen LogP contribution in [0.15, 0.2) is 12.1 Å². The average molecular weight is 300 g/mol. The third-order valence-electron chi connectivity index (χ3n) is 4.00. The van der Waals surface area contributed by atoms with Gasteiger partial charge in [0.05, 0.1) is 17.1 Å². The molecular formula is C14H18F2N2O3. The zero-order chi connectivity index (χ0) is 15.6. The van der Waals surface area contributed by atoms with E-state index >= 15 is 0 Å². The van der Waals surface area contributed by atoms with E-state index in [2.05, 4.69) is 5.32 Å². The minimum Gasteiger partial charge on any atom is -0.394 e. The van der Waals surface area contributed by atoms with E-state index in [9.17, 15) is 24.0 Å². The SMILES string of the molecule is CC1CCCC(CO)(Nc2cc(F)cc(F)c2[N+](=O)[O-])C1. The summed E-state index contributed by atoms with van der Waals surface area (Å²) < 4.78 is 27.0. The summed E-state index contributed by atoms with van der Waals surface area (Å²) in [6.07, 6.45) is 3.05. The number of rotatable bonds is 4. The first-order valence-electron chi connectivity index (χ1n) is 6.89. The zero-order valence-corrected chi connectivity index (χ0v) is 11.7. The summed E-state index contributed by atoms with van der Waals surface area (Å²) in [6.45, 7) is 1.78. The number of nitro groups is 1. The molecule has 0 spiro atoms. The van der Waals surface area contributed by atoms with Crippen molar-refractivity contribution in [2.75, 3.05) is 11.9 Å². The van der Waals surface area contributed by atoms with Crippen molar-refractivity contribution in [3.05, 3.63) is 33.9 Å². The Labute approximate surface area is 121 Å². The van der Waals surface area contributed by atoms with Crippen molar-refractivity contribution in [1.29, 1.82) is 0 Å². The summed E-state index contributed by atoms with van der Waals surface area (Å²) in [5.74, 6) is -1.78. The van der Waals surface area contributed by atoms with E-state index in [1.54, 1.807) is 0 Å². The smallest absolute Gasteiger partial charge is 0.327 e. The van der Waals surface area contributed by atoms with Gasteiger partial charge in [-0.15, -0.1) is 0 Å². The predicted molar refractivity (Wildman–Crippen MR) is 74.1 cm³/mol. The Morgan fingerprint density at radius 3 is 2.81 bits per heavy atom. The van der Waals surface area contributed by atoms with E-state index in [0.29, 0.717) is 24.8 Å². The normalized spacial score (nSPS) is 25.6. The summed E-state index contributed by atoms with van der Waals surface area (Å²) in [7, 11) is 0. The summed E-state index contributed by atoms with van der Waals surface area (Å²) in [6, 6.07) is 1.39. The molecule has 1 aliphatic rings. The molecule has 7 heteroatoms. The Balaban J connectivity index is 2.39. The Bertz CT molecular complexity index is 553. The van der Waals surface area contributed by atoms with Gasteiger partial charge >= 0.3 is 5.69 Å². The molecule has 0 aromatic heterocycles. The molecule has 0 radical (unpaired) electrons. The van der Waals surface area contributed by atoms with Gasteiger partial charge in [-0.1, -0.05) is 19.8 Å². The van der Waals surface area contributed by atoms with Gasteiger partial charge < -0.3 is 10.4 Å². The molecule has 2 atom stereocenters. The lowest BCUT2D eigenvalue weighted by Gasteiger charge is -2.40. The topological polar surface area (TPSA) is 75.4 Å². The van der Waals surface area contributed by atoms with Crippen molar-refractivity contribution in [1.82, 2.24) is 0 Å². The minimum atomic E-state index is -1.22. The average Bonchev–Trinajstić information content (AvgIpc) is 2.37. The second kappa shape index (κ2) is 5.93. The first-order chi connectivity index (χ1) is 9.87. The molecule has 1 saturated carbocycles. The monoisotopic (exact) mass is 300 g/mol. The molecule has 2 unspecified atom stereocenters. The number of nitro benzene ring substituents is 1. The molecule has 116 valence electrons. The number of nitrogens with one attached hydrogen (secondary N) is 1. The third-order valence-corrected chi connectivity index (χ3v) is 4.00. The van der Waals surface area contributed by atoms with E-state index in [1.165, 1.54) is 0 Å². The number of nitrogens with zero attached hydrogens (tertiary/aromatic N) is 1. The van der Waals surface area contributed by atoms with Crippen molar-refractivity contribution >= 4 is 11.4 Å². The second-order valence-corrected chi connectivity index (χ2v) is 5.81. The molecular weight excluding hydrogens is 282 g/mol. The number of halogens is 2. The highest BCUT2D eigenvalue weighted by atomic mass is 19.1. The van der Waals surface area contributed by atoms with Gasteiger partial charge in [-0.25, -0.2) is 4.39 Å². The van der Waals surface area contributed by atoms with Gasteiger partial charge in [0, 0.05) is 12.1 Å². The van der Waals surface area contributed by atoms with Crippen molar-refractivity contribution < 1.29 is 18.8 Å². The Kier molecular flexibility index (Phi) is 4.41. The van der Waals surface area contributed by atoms with Gasteiger partial charge in [0.25, 0.3) is 0 Å². The Hall–Kier alpha value is -1.76. The molecule has 1 aromatic carbocycles. The summed E-state index contributed by atoms with van der Waals surface area (Å²) in [5, 5.41) is 23.5. The van der Waals surface area contributed by atoms with Crippen LogP contribution in [0, 0.1) is 27.7 Å². The largest absolute Gasteiger partial charge is 0.394 e. The van der Waals surface area contributed by atoms with E-state index in [4.69, 9.17) is 0 Å². The summed E-state index contributed by atoms with van der Waals surface area (Å²) in [4.78, 5) is 10.1. The highest BCUT2D eigenvalue weighted by Gasteiger charge is 2.36. The lowest BCUT2D eigenvalue weighted by Crippen LogP contribution is -2.46. The van der Waals surface area contributed by atoms with Gasteiger partial charge in [0.15, 0.2) is 0 Å². The standard InChI is InChI=1S/C14H18F2N2O3/c1-9-3-2-4-14(7-9,8-19)17-12-6-10(15)5-11(16)13(12)18(20)21/h5-6,9,17,19H,2-4,7-8H2,1H3. The first kappa shape index (κ1) is 15.6. The number of anilines is 1. The molecule has 1 aliphatic carbocycles. The first-order valence-corrected chi connectivity index (χ1v) is 6.89. The maximum Gasteiger partial charge on any atom is 0.327 e. The van der Waals surface area contributed by atoms with Crippen LogP contribution in [0.2, 0.25) is 0 Å². The van der Waals surface area contributed by atoms with Crippen molar-refractivity contribution in [3.8, 4) is 0 Å². The van der Waals surface area contributed by atoms with Gasteiger partial charge in [0.2, 0.25) is 5.82 Å². The van der Waals surface area contributed by atoms with E-state index in [1.807, 2.05) is 6.92 Å². The van der Waals surface area contributed by atoms with E-state index in [0.717, 1.165) is 18.9 Å². The Morgan fingerprint density at radius 2 is 2.24 bits per heavy atom. The number of aliphatic hydroxyl groups excluding tert-OH is 1. The molecule has 2 rings (SSSR count). The van der Waals surface area contributed by atoms with Gasteiger partial charge in [-0.3, -0.25) is 10.1 Å². The van der Waals surface area contributed by atoms with Crippen LogP contribution < -0.4 is 5.32 Å². The van der Waals surface area contributed by atoms with Crippen LogP contribution in [0.5, 0.6) is 0 Å². The zero-order valence-electron chi connectivity index (χ0n) is 11.7. The van der Waals surface area contributed by atoms with Crippen LogP contribution in [0.25, 0.3) is 0 Å². The number of benzene rings is 1. The maximum absolute atomic E-state index is 13.6. The summed E-state index contributed by atoms with van der Waals surface area (Å²) in [5.41, 5.74) is -1.79. The molecule has 1 aromatic rings. The van der Waals surface area contributed by atoms with Crippen molar-refractivity contribution in [2.45, 2.75) is 38.1 Å². The van der Waals surface area contributed by atoms with Gasteiger partial charge in [-0.05, 0) is 18.8 Å². The highest BCUT2D eigenvalue weighted by molar-refractivity contribution is 5.63. The molecule has 0 amide bonds. The van der Waals surface area contributed by atoms with Crippen LogP contribution in [-0.2, 0) is 0 Å². The summed E-state index contributed by atoms with van der Waals surface area (Å²) >= 11 is 0. The van der Waals surface area contributed by atoms with Crippen LogP contribution in [0.1, 0.15) is 32.6 Å². The quantitative estimate of drug-likeness (QED) is 0.661. The second-order valence-electron chi connectivity index (χ2n) is 5.81. The minimum absolute atomic E-state index is 0.222. The molecule has 5 nitrogen and oxygen atoms in total. The van der Waals surface area contributed by atoms with Crippen LogP contribution in [0.4, 0.5) is 20.2 Å². The van der Waals surface area contributed by atoms with E-state index < -0.39 is 27.8 Å². The lowest BCUT2D eigenvalue weighted by atomic mass is 9.76. The van der Waals surface area contributed by atoms with Crippen molar-refractivity contribution in [2.24, 2.45) is 5.92 Å². The molecule has 0 aliphatic heterocycles. The molecule has 21 heavy (non-hydrogen) atoms. The fourth-order valence-electron chi connectivity index (χ4n) is 3.09. The van der Waals surface area contributed by atoms with Crippen LogP contribution in [0.3, 0.4) is 0 Å². The van der Waals surface area contributed by atoms with Gasteiger partial charge in [0.1, 0.15) is 11.5 Å².